The van der Waals surface area contributed by atoms with Crippen molar-refractivity contribution in [2.45, 2.75) is 37.8 Å². The van der Waals surface area contributed by atoms with Crippen LogP contribution in [-0.4, -0.2) is 40.9 Å². The van der Waals surface area contributed by atoms with Crippen molar-refractivity contribution in [2.24, 2.45) is 5.92 Å². The number of halogens is 2. The van der Waals surface area contributed by atoms with Gasteiger partial charge in [0.2, 0.25) is 5.91 Å². The molecule has 5 nitrogen and oxygen atoms in total. The molecule has 2 aliphatic heterocycles. The van der Waals surface area contributed by atoms with Crippen molar-refractivity contribution in [1.82, 2.24) is 9.80 Å². The number of carbonyl (C=O) groups excluding carboxylic acids is 2. The number of hydrogen-bond donors (Lipinski definition) is 1. The summed E-state index contributed by atoms with van der Waals surface area (Å²) in [6, 6.07) is 10.7. The SMILES string of the molecule is O=C1Nc2ccc(F)c(F)c2CN1CC(=O)N1C[C@@H]2C[C@H]1C=C2c1ccc(C2CC2)cc1. The van der Waals surface area contributed by atoms with Crippen LogP contribution in [0.1, 0.15) is 41.9 Å². The highest BCUT2D eigenvalue weighted by Gasteiger charge is 2.42. The predicted octanol–water partition coefficient (Wildman–Crippen LogP) is 4.50. The number of likely N-dealkylation sites (tertiary alicyclic amines) is 1. The molecule has 0 radical (unpaired) electrons. The fourth-order valence-electron chi connectivity index (χ4n) is 5.28. The summed E-state index contributed by atoms with van der Waals surface area (Å²) in [5, 5.41) is 2.55. The van der Waals surface area contributed by atoms with Gasteiger partial charge in [-0.15, -0.1) is 0 Å². The summed E-state index contributed by atoms with van der Waals surface area (Å²) < 4.78 is 27.8. The first-order valence-electron chi connectivity index (χ1n) is 11.1. The first-order valence-corrected chi connectivity index (χ1v) is 11.1. The Balaban J connectivity index is 1.15. The number of nitrogens with one attached hydrogen (secondary N) is 1. The third-order valence-electron chi connectivity index (χ3n) is 7.17. The Morgan fingerprint density at radius 3 is 2.53 bits per heavy atom. The van der Waals surface area contributed by atoms with E-state index in [9.17, 15) is 18.4 Å². The van der Waals surface area contributed by atoms with Crippen LogP contribution in [0, 0.1) is 17.6 Å². The Morgan fingerprint density at radius 2 is 1.84 bits per heavy atom. The zero-order chi connectivity index (χ0) is 22.0. The second-order valence-electron chi connectivity index (χ2n) is 9.24. The van der Waals surface area contributed by atoms with E-state index in [-0.39, 0.29) is 42.2 Å². The first-order chi connectivity index (χ1) is 15.5. The van der Waals surface area contributed by atoms with Crippen LogP contribution in [0.25, 0.3) is 5.57 Å². The third kappa shape index (κ3) is 3.18. The van der Waals surface area contributed by atoms with Crippen LogP contribution in [0.2, 0.25) is 0 Å². The molecule has 0 spiro atoms. The molecule has 2 aromatic rings. The topological polar surface area (TPSA) is 52.7 Å². The standard InChI is InChI=1S/C25H23F2N3O2/c26-21-7-8-22-20(24(21)27)12-29(25(32)28-22)13-23(31)30-11-17-9-18(30)10-19(17)16-5-3-15(4-6-16)14-1-2-14/h3-8,10,14,17-18H,1-2,9,11-13H2,(H,28,32)/t17-,18-/m0/s1. The van der Waals surface area contributed by atoms with E-state index in [4.69, 9.17) is 0 Å². The van der Waals surface area contributed by atoms with Crippen LogP contribution in [0.5, 0.6) is 0 Å². The van der Waals surface area contributed by atoms with Crippen LogP contribution >= 0.6 is 0 Å². The Hall–Kier alpha value is -3.22. The van der Waals surface area contributed by atoms with E-state index in [0.717, 1.165) is 18.4 Å². The molecule has 2 heterocycles. The number of carbonyl (C=O) groups is 2. The average molecular weight is 435 g/mol. The van der Waals surface area contributed by atoms with Gasteiger partial charge in [-0.1, -0.05) is 30.3 Å². The van der Waals surface area contributed by atoms with Gasteiger partial charge in [0.05, 0.1) is 18.3 Å². The van der Waals surface area contributed by atoms with Gasteiger partial charge in [0.25, 0.3) is 0 Å². The zero-order valence-electron chi connectivity index (χ0n) is 17.5. The lowest BCUT2D eigenvalue weighted by atomic mass is 9.94. The van der Waals surface area contributed by atoms with Gasteiger partial charge in [0.15, 0.2) is 11.6 Å². The maximum Gasteiger partial charge on any atom is 0.322 e. The highest BCUT2D eigenvalue weighted by molar-refractivity contribution is 5.95. The number of amides is 3. The van der Waals surface area contributed by atoms with Crippen molar-refractivity contribution >= 4 is 23.2 Å². The summed E-state index contributed by atoms with van der Waals surface area (Å²) in [6.45, 7) is 0.325. The molecule has 7 heteroatoms. The predicted molar refractivity (Wildman–Crippen MR) is 116 cm³/mol. The summed E-state index contributed by atoms with van der Waals surface area (Å²) in [7, 11) is 0. The lowest BCUT2D eigenvalue weighted by Crippen LogP contribution is -2.47. The van der Waals surface area contributed by atoms with Gasteiger partial charge in [-0.3, -0.25) is 4.79 Å². The molecule has 0 aromatic heterocycles. The maximum absolute atomic E-state index is 14.2. The molecule has 2 aliphatic carbocycles. The number of hydrogen-bond acceptors (Lipinski definition) is 2. The van der Waals surface area contributed by atoms with Crippen LogP contribution in [0.15, 0.2) is 42.5 Å². The molecule has 3 amide bonds. The fourth-order valence-corrected chi connectivity index (χ4v) is 5.28. The van der Waals surface area contributed by atoms with E-state index < -0.39 is 17.7 Å². The minimum Gasteiger partial charge on any atom is -0.334 e. The van der Waals surface area contributed by atoms with Gasteiger partial charge in [-0.25, -0.2) is 13.6 Å². The van der Waals surface area contributed by atoms with Crippen molar-refractivity contribution in [3.8, 4) is 0 Å². The van der Waals surface area contributed by atoms with E-state index in [0.29, 0.717) is 6.54 Å². The largest absolute Gasteiger partial charge is 0.334 e. The zero-order valence-corrected chi connectivity index (χ0v) is 17.5. The monoisotopic (exact) mass is 435 g/mol. The third-order valence-corrected chi connectivity index (χ3v) is 7.17. The molecule has 2 aromatic carbocycles. The Kier molecular flexibility index (Phi) is 4.35. The first kappa shape index (κ1) is 19.5. The average Bonchev–Trinajstić information content (AvgIpc) is 3.45. The Morgan fingerprint density at radius 1 is 1.06 bits per heavy atom. The highest BCUT2D eigenvalue weighted by Crippen LogP contribution is 2.44. The number of benzene rings is 2. The lowest BCUT2D eigenvalue weighted by Gasteiger charge is -2.32. The van der Waals surface area contributed by atoms with Gasteiger partial charge in [0.1, 0.15) is 6.54 Å². The van der Waals surface area contributed by atoms with E-state index in [2.05, 4.69) is 35.7 Å². The Bertz CT molecular complexity index is 1160. The van der Waals surface area contributed by atoms with Crippen LogP contribution in [0.4, 0.5) is 19.3 Å². The summed E-state index contributed by atoms with van der Waals surface area (Å²) in [5.41, 5.74) is 4.24. The van der Waals surface area contributed by atoms with Crippen LogP contribution < -0.4 is 5.32 Å². The maximum atomic E-state index is 14.2. The van der Waals surface area contributed by atoms with E-state index >= 15 is 0 Å². The number of fused-ring (bicyclic) bond motifs is 3. The number of urea groups is 1. The second-order valence-corrected chi connectivity index (χ2v) is 9.24. The molecule has 2 bridgehead atoms. The van der Waals surface area contributed by atoms with Gasteiger partial charge in [-0.05, 0) is 54.0 Å². The molecular weight excluding hydrogens is 412 g/mol. The van der Waals surface area contributed by atoms with E-state index in [1.54, 1.807) is 4.90 Å². The van der Waals surface area contributed by atoms with E-state index in [1.807, 2.05) is 0 Å². The fraction of sp³-hybridized carbons (Fsp3) is 0.360. The van der Waals surface area contributed by atoms with Crippen molar-refractivity contribution in [3.63, 3.8) is 0 Å². The molecule has 4 aliphatic rings. The Labute approximate surface area is 184 Å². The van der Waals surface area contributed by atoms with Crippen LogP contribution in [-0.2, 0) is 11.3 Å². The summed E-state index contributed by atoms with van der Waals surface area (Å²) in [4.78, 5) is 28.4. The van der Waals surface area contributed by atoms with Gasteiger partial charge < -0.3 is 15.1 Å². The van der Waals surface area contributed by atoms with E-state index in [1.165, 1.54) is 40.5 Å². The smallest absolute Gasteiger partial charge is 0.322 e. The number of anilines is 1. The number of nitrogens with zero attached hydrogens (tertiary/aromatic N) is 2. The van der Waals surface area contributed by atoms with Crippen molar-refractivity contribution in [1.29, 1.82) is 0 Å². The van der Waals surface area contributed by atoms with Crippen molar-refractivity contribution in [2.75, 3.05) is 18.4 Å². The minimum absolute atomic E-state index is 0.0138. The molecule has 0 unspecified atom stereocenters. The van der Waals surface area contributed by atoms with Gasteiger partial charge in [-0.2, -0.15) is 0 Å². The van der Waals surface area contributed by atoms with Gasteiger partial charge >= 0.3 is 6.03 Å². The normalized spacial score (nSPS) is 23.8. The highest BCUT2D eigenvalue weighted by atomic mass is 19.2. The molecular formula is C25H23F2N3O2. The second kappa shape index (κ2) is 7.15. The molecule has 164 valence electrons. The van der Waals surface area contributed by atoms with Gasteiger partial charge in [0, 0.05) is 18.0 Å². The molecule has 32 heavy (non-hydrogen) atoms. The molecule has 6 rings (SSSR count). The molecule has 2 fully saturated rings. The molecule has 1 N–H and O–H groups in total. The number of rotatable bonds is 4. The van der Waals surface area contributed by atoms with Crippen molar-refractivity contribution < 1.29 is 18.4 Å². The molecule has 1 saturated carbocycles. The van der Waals surface area contributed by atoms with Crippen LogP contribution in [0.3, 0.4) is 0 Å². The molecule has 2 atom stereocenters. The molecule has 1 saturated heterocycles. The summed E-state index contributed by atoms with van der Waals surface area (Å²) >= 11 is 0. The lowest BCUT2D eigenvalue weighted by molar-refractivity contribution is -0.132. The minimum atomic E-state index is -0.986. The van der Waals surface area contributed by atoms with Crippen molar-refractivity contribution in [3.05, 3.63) is 70.8 Å². The summed E-state index contributed by atoms with van der Waals surface area (Å²) in [5.74, 6) is -1.10. The quantitative estimate of drug-likeness (QED) is 0.769. The summed E-state index contributed by atoms with van der Waals surface area (Å²) in [6.07, 6.45) is 5.62.